The standard InChI is InChI=1S/C13H17Cl2NO2/c1-2-18-13(17)4-3-5-16-9-10-6-11(14)8-12(15)7-10/h6-8,16H,2-5,9H2,1H3. The van der Waals surface area contributed by atoms with E-state index < -0.39 is 0 Å². The van der Waals surface area contributed by atoms with Crippen molar-refractivity contribution in [2.75, 3.05) is 13.2 Å². The van der Waals surface area contributed by atoms with Crippen LogP contribution in [0.2, 0.25) is 10.0 Å². The summed E-state index contributed by atoms with van der Waals surface area (Å²) in [6.45, 7) is 3.68. The molecule has 0 saturated carbocycles. The highest BCUT2D eigenvalue weighted by Gasteiger charge is 2.01. The zero-order chi connectivity index (χ0) is 13.4. The summed E-state index contributed by atoms with van der Waals surface area (Å²) in [5.41, 5.74) is 1.03. The minimum atomic E-state index is -0.148. The lowest BCUT2D eigenvalue weighted by Crippen LogP contribution is -2.16. The molecule has 100 valence electrons. The van der Waals surface area contributed by atoms with Crippen LogP contribution in [0.5, 0.6) is 0 Å². The van der Waals surface area contributed by atoms with Gasteiger partial charge in [0.1, 0.15) is 0 Å². The summed E-state index contributed by atoms with van der Waals surface area (Å²) >= 11 is 11.8. The maximum absolute atomic E-state index is 11.1. The van der Waals surface area contributed by atoms with E-state index in [0.717, 1.165) is 18.5 Å². The first-order valence-electron chi connectivity index (χ1n) is 5.93. The summed E-state index contributed by atoms with van der Waals surface area (Å²) in [6, 6.07) is 5.44. The summed E-state index contributed by atoms with van der Waals surface area (Å²) in [5.74, 6) is -0.148. The molecule has 1 aromatic rings. The largest absolute Gasteiger partial charge is 0.466 e. The highest BCUT2D eigenvalue weighted by molar-refractivity contribution is 6.34. The first kappa shape index (κ1) is 15.3. The molecule has 0 fully saturated rings. The van der Waals surface area contributed by atoms with Gasteiger partial charge in [0.25, 0.3) is 0 Å². The van der Waals surface area contributed by atoms with Crippen LogP contribution in [0, 0.1) is 0 Å². The van der Waals surface area contributed by atoms with E-state index in [2.05, 4.69) is 5.32 Å². The minimum absolute atomic E-state index is 0.148. The van der Waals surface area contributed by atoms with Gasteiger partial charge in [-0.15, -0.1) is 0 Å². The Kier molecular flexibility index (Phi) is 7.09. The Hall–Kier alpha value is -0.770. The van der Waals surface area contributed by atoms with E-state index in [9.17, 15) is 4.79 Å². The Balaban J connectivity index is 2.19. The summed E-state index contributed by atoms with van der Waals surface area (Å²) in [4.78, 5) is 11.1. The monoisotopic (exact) mass is 289 g/mol. The lowest BCUT2D eigenvalue weighted by Gasteiger charge is -2.06. The van der Waals surface area contributed by atoms with E-state index in [1.807, 2.05) is 12.1 Å². The van der Waals surface area contributed by atoms with Gasteiger partial charge in [0.05, 0.1) is 6.61 Å². The summed E-state index contributed by atoms with van der Waals surface area (Å²) < 4.78 is 4.84. The van der Waals surface area contributed by atoms with Crippen LogP contribution in [0.3, 0.4) is 0 Å². The normalized spacial score (nSPS) is 10.4. The van der Waals surface area contributed by atoms with Gasteiger partial charge in [0.15, 0.2) is 0 Å². The Bertz CT molecular complexity index is 376. The molecule has 0 saturated heterocycles. The average Bonchev–Trinajstić information content (AvgIpc) is 2.27. The topological polar surface area (TPSA) is 38.3 Å². The highest BCUT2D eigenvalue weighted by Crippen LogP contribution is 2.18. The summed E-state index contributed by atoms with van der Waals surface area (Å²) in [5, 5.41) is 4.49. The molecule has 0 spiro atoms. The third kappa shape index (κ3) is 6.24. The Labute approximate surface area is 117 Å². The predicted molar refractivity (Wildman–Crippen MR) is 74.0 cm³/mol. The zero-order valence-corrected chi connectivity index (χ0v) is 11.9. The molecule has 0 aromatic heterocycles. The van der Waals surface area contributed by atoms with Crippen molar-refractivity contribution in [3.63, 3.8) is 0 Å². The Morgan fingerprint density at radius 2 is 1.94 bits per heavy atom. The molecule has 0 unspecified atom stereocenters. The van der Waals surface area contributed by atoms with Crippen LogP contribution in [0.1, 0.15) is 25.3 Å². The van der Waals surface area contributed by atoms with Gasteiger partial charge >= 0.3 is 5.97 Å². The van der Waals surface area contributed by atoms with Crippen LogP contribution in [0.4, 0.5) is 0 Å². The fraction of sp³-hybridized carbons (Fsp3) is 0.462. The van der Waals surface area contributed by atoms with Gasteiger partial charge in [-0.3, -0.25) is 4.79 Å². The highest BCUT2D eigenvalue weighted by atomic mass is 35.5. The van der Waals surface area contributed by atoms with Crippen molar-refractivity contribution in [1.29, 1.82) is 0 Å². The molecule has 0 aliphatic carbocycles. The number of benzene rings is 1. The van der Waals surface area contributed by atoms with E-state index in [1.165, 1.54) is 0 Å². The maximum atomic E-state index is 11.1. The third-order valence-corrected chi connectivity index (χ3v) is 2.73. The smallest absolute Gasteiger partial charge is 0.305 e. The molecule has 0 atom stereocenters. The second-order valence-electron chi connectivity index (χ2n) is 3.86. The lowest BCUT2D eigenvalue weighted by atomic mass is 10.2. The lowest BCUT2D eigenvalue weighted by molar-refractivity contribution is -0.143. The van der Waals surface area contributed by atoms with Crippen LogP contribution < -0.4 is 5.32 Å². The number of esters is 1. The SMILES string of the molecule is CCOC(=O)CCCNCc1cc(Cl)cc(Cl)c1. The third-order valence-electron chi connectivity index (χ3n) is 2.29. The van der Waals surface area contributed by atoms with Crippen LogP contribution in [0.25, 0.3) is 0 Å². The number of halogens is 2. The van der Waals surface area contributed by atoms with Gasteiger partial charge in [-0.2, -0.15) is 0 Å². The van der Waals surface area contributed by atoms with Gasteiger partial charge < -0.3 is 10.1 Å². The molecule has 0 bridgehead atoms. The van der Waals surface area contributed by atoms with Crippen molar-refractivity contribution in [2.24, 2.45) is 0 Å². The summed E-state index contributed by atoms with van der Waals surface area (Å²) in [7, 11) is 0. The van der Waals surface area contributed by atoms with Crippen molar-refractivity contribution < 1.29 is 9.53 Å². The first-order valence-corrected chi connectivity index (χ1v) is 6.68. The molecular formula is C13H17Cl2NO2. The van der Waals surface area contributed by atoms with E-state index in [0.29, 0.717) is 29.6 Å². The molecule has 3 nitrogen and oxygen atoms in total. The second-order valence-corrected chi connectivity index (χ2v) is 4.74. The number of rotatable bonds is 7. The molecule has 18 heavy (non-hydrogen) atoms. The molecule has 1 aromatic carbocycles. The summed E-state index contributed by atoms with van der Waals surface area (Å²) in [6.07, 6.45) is 1.20. The molecule has 1 N–H and O–H groups in total. The molecular weight excluding hydrogens is 273 g/mol. The van der Waals surface area contributed by atoms with Crippen molar-refractivity contribution in [2.45, 2.75) is 26.3 Å². The van der Waals surface area contributed by atoms with Gasteiger partial charge in [0.2, 0.25) is 0 Å². The number of ether oxygens (including phenoxy) is 1. The van der Waals surface area contributed by atoms with Crippen LogP contribution in [-0.4, -0.2) is 19.1 Å². The van der Waals surface area contributed by atoms with Crippen LogP contribution >= 0.6 is 23.2 Å². The number of hydrogen-bond acceptors (Lipinski definition) is 3. The molecule has 0 heterocycles. The first-order chi connectivity index (χ1) is 8.61. The molecule has 0 aliphatic rings. The molecule has 0 radical (unpaired) electrons. The number of carbonyl (C=O) groups is 1. The fourth-order valence-electron chi connectivity index (χ4n) is 1.54. The van der Waals surface area contributed by atoms with E-state index in [1.54, 1.807) is 13.0 Å². The number of nitrogens with one attached hydrogen (secondary N) is 1. The maximum Gasteiger partial charge on any atom is 0.305 e. The van der Waals surface area contributed by atoms with Crippen LogP contribution in [-0.2, 0) is 16.1 Å². The number of hydrogen-bond donors (Lipinski definition) is 1. The zero-order valence-electron chi connectivity index (χ0n) is 10.3. The molecule has 1 rings (SSSR count). The van der Waals surface area contributed by atoms with Crippen molar-refractivity contribution in [3.8, 4) is 0 Å². The van der Waals surface area contributed by atoms with Gasteiger partial charge in [-0.05, 0) is 43.7 Å². The van der Waals surface area contributed by atoms with Crippen molar-refractivity contribution in [1.82, 2.24) is 5.32 Å². The van der Waals surface area contributed by atoms with E-state index in [4.69, 9.17) is 27.9 Å². The average molecular weight is 290 g/mol. The minimum Gasteiger partial charge on any atom is -0.466 e. The van der Waals surface area contributed by atoms with Gasteiger partial charge in [-0.25, -0.2) is 0 Å². The van der Waals surface area contributed by atoms with Crippen molar-refractivity contribution >= 4 is 29.2 Å². The fourth-order valence-corrected chi connectivity index (χ4v) is 2.11. The van der Waals surface area contributed by atoms with Crippen molar-refractivity contribution in [3.05, 3.63) is 33.8 Å². The second kappa shape index (κ2) is 8.35. The Morgan fingerprint density at radius 3 is 2.56 bits per heavy atom. The van der Waals surface area contributed by atoms with E-state index in [-0.39, 0.29) is 5.97 Å². The van der Waals surface area contributed by atoms with Gasteiger partial charge in [0, 0.05) is 23.0 Å². The molecule has 0 amide bonds. The quantitative estimate of drug-likeness (QED) is 0.617. The number of carbonyl (C=O) groups excluding carboxylic acids is 1. The Morgan fingerprint density at radius 1 is 1.28 bits per heavy atom. The van der Waals surface area contributed by atoms with E-state index >= 15 is 0 Å². The molecule has 5 heteroatoms. The van der Waals surface area contributed by atoms with Gasteiger partial charge in [-0.1, -0.05) is 23.2 Å². The predicted octanol–water partition coefficient (Wildman–Crippen LogP) is 3.43. The van der Waals surface area contributed by atoms with Crippen LogP contribution in [0.15, 0.2) is 18.2 Å². The molecule has 0 aliphatic heterocycles.